The van der Waals surface area contributed by atoms with Gasteiger partial charge in [0.2, 0.25) is 0 Å². The third-order valence-electron chi connectivity index (χ3n) is 2.76. The highest BCUT2D eigenvalue weighted by Crippen LogP contribution is 2.35. The van der Waals surface area contributed by atoms with Gasteiger partial charge in [0, 0.05) is 15.2 Å². The number of aryl methyl sites for hydroxylation is 1. The van der Waals surface area contributed by atoms with Gasteiger partial charge in [0.05, 0.1) is 22.9 Å². The third kappa shape index (κ3) is 2.99. The molecule has 0 saturated carbocycles. The molecule has 1 N–H and O–H groups in total. The number of hydrogen-bond acceptors (Lipinski definition) is 3. The molecule has 0 unspecified atom stereocenters. The molecule has 2 rings (SSSR count). The number of carboxylic acid groups (broad SMARTS) is 1. The fraction of sp³-hybridized carbons (Fsp3) is 0.200. The van der Waals surface area contributed by atoms with Gasteiger partial charge < -0.3 is 9.84 Å². The van der Waals surface area contributed by atoms with Crippen LogP contribution >= 0.6 is 0 Å². The van der Waals surface area contributed by atoms with Crippen molar-refractivity contribution in [2.45, 2.75) is 13.3 Å². The number of nitrogens with zero attached hydrogens (tertiary/aromatic N) is 1. The second kappa shape index (κ2) is 5.87. The van der Waals surface area contributed by atoms with E-state index >= 15 is 0 Å². The Balaban J connectivity index is 2.80. The van der Waals surface area contributed by atoms with Gasteiger partial charge in [-0.1, -0.05) is 17.7 Å². The molecule has 0 aliphatic rings. The summed E-state index contributed by atoms with van der Waals surface area (Å²) in [6, 6.07) is 3.82. The Kier molecular flexibility index (Phi) is 2.43. The molecule has 1 heterocycles. The molecule has 110 valence electrons. The van der Waals surface area contributed by atoms with E-state index in [2.05, 4.69) is 4.98 Å². The maximum atomic E-state index is 13.0. The van der Waals surface area contributed by atoms with Gasteiger partial charge in [0.15, 0.2) is 0 Å². The zero-order valence-corrected chi connectivity index (χ0v) is 10.4. The largest absolute Gasteiger partial charge is 0.494 e. The van der Waals surface area contributed by atoms with Crippen molar-refractivity contribution < 1.29 is 31.6 Å². The summed E-state index contributed by atoms with van der Waals surface area (Å²) in [4.78, 5) is 14.9. The van der Waals surface area contributed by atoms with Crippen molar-refractivity contribution in [1.29, 1.82) is 0 Å². The molecule has 0 spiro atoms. The summed E-state index contributed by atoms with van der Waals surface area (Å²) < 4.78 is 74.7. The van der Waals surface area contributed by atoms with E-state index in [1.807, 2.05) is 0 Å². The quantitative estimate of drug-likeness (QED) is 0.935. The highest BCUT2D eigenvalue weighted by molar-refractivity contribution is 5.97. The minimum absolute atomic E-state index is 0.252. The summed E-state index contributed by atoms with van der Waals surface area (Å²) >= 11 is 0. The Labute approximate surface area is 128 Å². The molecule has 0 bridgehead atoms. The number of aromatic nitrogens is 1. The van der Waals surface area contributed by atoms with Crippen LogP contribution in [0.3, 0.4) is 0 Å². The Morgan fingerprint density at radius 2 is 2.19 bits per heavy atom. The van der Waals surface area contributed by atoms with E-state index in [9.17, 15) is 18.7 Å². The number of benzene rings is 1. The fourth-order valence-electron chi connectivity index (χ4n) is 1.82. The van der Waals surface area contributed by atoms with Crippen molar-refractivity contribution in [3.63, 3.8) is 0 Å². The van der Waals surface area contributed by atoms with Crippen LogP contribution in [0.1, 0.15) is 36.3 Å². The van der Waals surface area contributed by atoms with Crippen LogP contribution in [0.2, 0.25) is 0 Å². The summed E-state index contributed by atoms with van der Waals surface area (Å²) in [5, 5.41) is 9.37. The monoisotopic (exact) mass is 299 g/mol. The third-order valence-corrected chi connectivity index (χ3v) is 2.76. The Hall–Kier alpha value is -2.50. The fourth-order valence-corrected chi connectivity index (χ4v) is 1.82. The van der Waals surface area contributed by atoms with Gasteiger partial charge in [-0.15, -0.1) is 0 Å². The normalized spacial score (nSPS) is 16.1. The molecule has 0 aliphatic heterocycles. The molecule has 1 aromatic carbocycles. The molecule has 1 aromatic heterocycles. The highest BCUT2D eigenvalue weighted by Gasteiger charge is 2.19. The Morgan fingerprint density at radius 3 is 2.81 bits per heavy atom. The van der Waals surface area contributed by atoms with E-state index in [4.69, 9.17) is 13.0 Å². The number of halogens is 2. The number of pyridine rings is 1. The van der Waals surface area contributed by atoms with E-state index in [0.29, 0.717) is 0 Å². The predicted octanol–water partition coefficient (Wildman–Crippen LogP) is 3.70. The van der Waals surface area contributed by atoms with E-state index < -0.39 is 43.3 Å². The summed E-state index contributed by atoms with van der Waals surface area (Å²) in [5.74, 6) is -1.94. The number of methoxy groups -OCH3 is 1. The molecule has 0 aliphatic carbocycles. The molecule has 0 atom stereocenters. The van der Waals surface area contributed by atoms with Crippen LogP contribution in [0.5, 0.6) is 5.75 Å². The maximum Gasteiger partial charge on any atom is 0.336 e. The number of carboxylic acids is 1. The first-order valence-electron chi connectivity index (χ1n) is 8.65. The molecular formula is C15H13F2NO3. The zero-order chi connectivity index (χ0) is 20.6. The van der Waals surface area contributed by atoms with Crippen molar-refractivity contribution >= 4 is 5.97 Å². The number of hydrogen-bond donors (Lipinski definition) is 1. The topological polar surface area (TPSA) is 59.4 Å². The molecule has 2 aromatic rings. The van der Waals surface area contributed by atoms with Crippen molar-refractivity contribution in [3.8, 4) is 16.9 Å². The standard InChI is InChI=1S/C15H13F2NO3/c1-8-3-4-9(15(19)20)10(5-8)11-6-12(14(16)17)18-7-13(11)21-2/h3-7,14H,1-2H3,(H,19,20)/i1D3,2D3. The van der Waals surface area contributed by atoms with Gasteiger partial charge in [-0.3, -0.25) is 4.98 Å². The van der Waals surface area contributed by atoms with E-state index in [1.165, 1.54) is 0 Å². The van der Waals surface area contributed by atoms with E-state index in [1.54, 1.807) is 0 Å². The minimum Gasteiger partial charge on any atom is -0.494 e. The van der Waals surface area contributed by atoms with Gasteiger partial charge in [0.1, 0.15) is 11.4 Å². The number of rotatable bonds is 4. The maximum absolute atomic E-state index is 13.0. The lowest BCUT2D eigenvalue weighted by Gasteiger charge is -2.13. The van der Waals surface area contributed by atoms with Crippen molar-refractivity contribution in [2.75, 3.05) is 7.04 Å². The summed E-state index contributed by atoms with van der Waals surface area (Å²) in [5.41, 5.74) is -2.01. The van der Waals surface area contributed by atoms with Gasteiger partial charge in [-0.05, 0) is 19.0 Å². The number of ether oxygens (including phenoxy) is 1. The predicted molar refractivity (Wildman–Crippen MR) is 72.9 cm³/mol. The van der Waals surface area contributed by atoms with Crippen LogP contribution < -0.4 is 4.74 Å². The number of carbonyl (C=O) groups is 1. The van der Waals surface area contributed by atoms with Crippen LogP contribution in [0.4, 0.5) is 8.78 Å². The van der Waals surface area contributed by atoms with Gasteiger partial charge in [0.25, 0.3) is 6.43 Å². The van der Waals surface area contributed by atoms with E-state index in [-0.39, 0.29) is 16.7 Å². The average Bonchev–Trinajstić information content (AvgIpc) is 2.52. The van der Waals surface area contributed by atoms with Crippen molar-refractivity contribution in [2.24, 2.45) is 0 Å². The van der Waals surface area contributed by atoms with Gasteiger partial charge in [-0.25, -0.2) is 13.6 Å². The van der Waals surface area contributed by atoms with Crippen molar-refractivity contribution in [1.82, 2.24) is 4.98 Å². The van der Waals surface area contributed by atoms with Crippen LogP contribution in [0, 0.1) is 6.85 Å². The SMILES string of the molecule is [2H]C([2H])([2H])Oc1cnc(C(F)F)cc1-c1cc(C([2H])([2H])[2H])ccc1C(=O)O. The summed E-state index contributed by atoms with van der Waals surface area (Å²) in [6.45, 7) is -2.60. The van der Waals surface area contributed by atoms with Gasteiger partial charge in [-0.2, -0.15) is 0 Å². The molecule has 4 nitrogen and oxygen atoms in total. The first kappa shape index (κ1) is 8.71. The minimum atomic E-state index is -3.02. The number of alkyl halides is 2. The number of aromatic carboxylic acids is 1. The van der Waals surface area contributed by atoms with Crippen molar-refractivity contribution in [3.05, 3.63) is 47.3 Å². The second-order valence-electron chi connectivity index (χ2n) is 4.07. The van der Waals surface area contributed by atoms with E-state index in [0.717, 1.165) is 30.5 Å². The Bertz CT molecular complexity index is 868. The average molecular weight is 299 g/mol. The van der Waals surface area contributed by atoms with Crippen LogP contribution in [-0.2, 0) is 0 Å². The molecule has 0 saturated heterocycles. The second-order valence-corrected chi connectivity index (χ2v) is 4.07. The first-order valence-corrected chi connectivity index (χ1v) is 5.65. The summed E-state index contributed by atoms with van der Waals surface area (Å²) in [7, 11) is -2.96. The lowest BCUT2D eigenvalue weighted by Crippen LogP contribution is -2.02. The van der Waals surface area contributed by atoms with Crippen LogP contribution in [0.15, 0.2) is 30.5 Å². The molecule has 21 heavy (non-hydrogen) atoms. The molecular weight excluding hydrogens is 280 g/mol. The zero-order valence-electron chi connectivity index (χ0n) is 16.4. The smallest absolute Gasteiger partial charge is 0.336 e. The highest BCUT2D eigenvalue weighted by atomic mass is 19.3. The molecule has 0 fully saturated rings. The summed E-state index contributed by atoms with van der Waals surface area (Å²) in [6.07, 6.45) is -2.29. The van der Waals surface area contributed by atoms with Crippen LogP contribution in [0.25, 0.3) is 11.1 Å². The molecule has 0 amide bonds. The van der Waals surface area contributed by atoms with Crippen LogP contribution in [-0.4, -0.2) is 23.1 Å². The first-order chi connectivity index (χ1) is 12.3. The lowest BCUT2D eigenvalue weighted by atomic mass is 9.97. The van der Waals surface area contributed by atoms with Gasteiger partial charge >= 0.3 is 5.97 Å². The molecule has 0 radical (unpaired) electrons. The molecule has 6 heteroatoms. The lowest BCUT2D eigenvalue weighted by molar-refractivity contribution is 0.0697. The Morgan fingerprint density at radius 1 is 1.38 bits per heavy atom.